The van der Waals surface area contributed by atoms with Gasteiger partial charge in [-0.2, -0.15) is 13.2 Å². The minimum Gasteiger partial charge on any atom is -0.382 e. The summed E-state index contributed by atoms with van der Waals surface area (Å²) >= 11 is 0. The lowest BCUT2D eigenvalue weighted by molar-refractivity contribution is -0.201. The van der Waals surface area contributed by atoms with Gasteiger partial charge in [-0.15, -0.1) is 0 Å². The van der Waals surface area contributed by atoms with Gasteiger partial charge >= 0.3 is 12.2 Å². The maximum Gasteiger partial charge on any atom is 0.416 e. The first-order valence-corrected chi connectivity index (χ1v) is 4.33. The number of hydrogen-bond acceptors (Lipinski definition) is 2. The number of halogens is 3. The van der Waals surface area contributed by atoms with Gasteiger partial charge in [0.15, 0.2) is 6.10 Å². The Morgan fingerprint density at radius 3 is 2.13 bits per heavy atom. The average Bonchev–Trinajstić information content (AvgIpc) is 1.94. The highest BCUT2D eigenvalue weighted by Gasteiger charge is 2.38. The molecule has 0 aliphatic rings. The van der Waals surface area contributed by atoms with Crippen LogP contribution in [-0.2, 0) is 0 Å². The minimum absolute atomic E-state index is 0.534. The van der Waals surface area contributed by atoms with E-state index in [1.807, 2.05) is 5.32 Å². The van der Waals surface area contributed by atoms with Crippen molar-refractivity contribution in [1.82, 2.24) is 10.6 Å². The molecule has 0 heterocycles. The maximum atomic E-state index is 11.8. The number of aliphatic hydroxyl groups excluding tert-OH is 1. The largest absolute Gasteiger partial charge is 0.416 e. The second kappa shape index (κ2) is 4.69. The standard InChI is InChI=1S/C8H15F3N2O2/c1-7(2,3)13-6(15)12-4-5(14)8(9,10)11/h5,14H,4H2,1-3H3,(H2,12,13,15). The van der Waals surface area contributed by atoms with Crippen LogP contribution >= 0.6 is 0 Å². The van der Waals surface area contributed by atoms with Crippen molar-refractivity contribution in [3.8, 4) is 0 Å². The zero-order chi connectivity index (χ0) is 12.3. The first-order valence-electron chi connectivity index (χ1n) is 4.33. The van der Waals surface area contributed by atoms with E-state index in [-0.39, 0.29) is 0 Å². The summed E-state index contributed by atoms with van der Waals surface area (Å²) in [5.74, 6) is 0. The summed E-state index contributed by atoms with van der Waals surface area (Å²) in [5.41, 5.74) is -0.534. The quantitative estimate of drug-likeness (QED) is 0.660. The zero-order valence-corrected chi connectivity index (χ0v) is 8.77. The lowest BCUT2D eigenvalue weighted by Crippen LogP contribution is -2.49. The number of carbonyl (C=O) groups is 1. The Labute approximate surface area is 85.8 Å². The number of nitrogens with one attached hydrogen (secondary N) is 2. The molecule has 4 nitrogen and oxygen atoms in total. The molecular formula is C8H15F3N2O2. The van der Waals surface area contributed by atoms with Crippen molar-refractivity contribution < 1.29 is 23.1 Å². The molecule has 0 aliphatic carbocycles. The molecule has 0 rings (SSSR count). The molecule has 1 atom stereocenters. The minimum atomic E-state index is -4.71. The van der Waals surface area contributed by atoms with Gasteiger partial charge in [-0.1, -0.05) is 0 Å². The third-order valence-corrected chi connectivity index (χ3v) is 1.32. The summed E-state index contributed by atoms with van der Waals surface area (Å²) < 4.78 is 35.4. The fourth-order valence-corrected chi connectivity index (χ4v) is 0.690. The van der Waals surface area contributed by atoms with Crippen LogP contribution in [-0.4, -0.2) is 35.5 Å². The fraction of sp³-hybridized carbons (Fsp3) is 0.875. The van der Waals surface area contributed by atoms with Crippen molar-refractivity contribution in [2.75, 3.05) is 6.54 Å². The molecule has 0 spiro atoms. The zero-order valence-electron chi connectivity index (χ0n) is 8.77. The van der Waals surface area contributed by atoms with E-state index in [1.54, 1.807) is 20.8 Å². The smallest absolute Gasteiger partial charge is 0.382 e. The van der Waals surface area contributed by atoms with E-state index in [0.717, 1.165) is 0 Å². The van der Waals surface area contributed by atoms with Crippen molar-refractivity contribution in [2.24, 2.45) is 0 Å². The summed E-state index contributed by atoms with van der Waals surface area (Å²) in [6, 6.07) is -0.745. The summed E-state index contributed by atoms with van der Waals surface area (Å²) in [6.45, 7) is 4.21. The van der Waals surface area contributed by atoms with Gasteiger partial charge in [0.05, 0.1) is 6.54 Å². The van der Waals surface area contributed by atoms with E-state index in [0.29, 0.717) is 0 Å². The fourth-order valence-electron chi connectivity index (χ4n) is 0.690. The Hall–Kier alpha value is -0.980. The van der Waals surface area contributed by atoms with E-state index in [1.165, 1.54) is 0 Å². The monoisotopic (exact) mass is 228 g/mol. The van der Waals surface area contributed by atoms with Crippen molar-refractivity contribution in [3.63, 3.8) is 0 Å². The van der Waals surface area contributed by atoms with Crippen molar-refractivity contribution >= 4 is 6.03 Å². The van der Waals surface area contributed by atoms with Gasteiger partial charge in [-0.25, -0.2) is 4.79 Å². The molecule has 2 amide bonds. The Morgan fingerprint density at radius 1 is 1.33 bits per heavy atom. The Morgan fingerprint density at radius 2 is 1.80 bits per heavy atom. The number of alkyl halides is 3. The molecule has 0 saturated heterocycles. The average molecular weight is 228 g/mol. The predicted octanol–water partition coefficient (Wildman–Crippen LogP) is 1.01. The van der Waals surface area contributed by atoms with Crippen LogP contribution in [0, 0.1) is 0 Å². The van der Waals surface area contributed by atoms with Crippen LogP contribution in [0.4, 0.5) is 18.0 Å². The highest BCUT2D eigenvalue weighted by Crippen LogP contribution is 2.19. The van der Waals surface area contributed by atoms with Crippen molar-refractivity contribution in [1.29, 1.82) is 0 Å². The van der Waals surface area contributed by atoms with Crippen LogP contribution in [0.1, 0.15) is 20.8 Å². The SMILES string of the molecule is CC(C)(C)NC(=O)NCC(O)C(F)(F)F. The van der Waals surface area contributed by atoms with Crippen LogP contribution < -0.4 is 10.6 Å². The number of amides is 2. The van der Waals surface area contributed by atoms with Crippen molar-refractivity contribution in [2.45, 2.75) is 38.6 Å². The van der Waals surface area contributed by atoms with Crippen LogP contribution in [0.25, 0.3) is 0 Å². The van der Waals surface area contributed by atoms with Gasteiger partial charge in [-0.3, -0.25) is 0 Å². The molecule has 0 aromatic heterocycles. The molecule has 0 saturated carbocycles. The molecule has 3 N–H and O–H groups in total. The summed E-state index contributed by atoms with van der Waals surface area (Å²) in [5, 5.41) is 12.9. The Balaban J connectivity index is 3.92. The third kappa shape index (κ3) is 7.01. The van der Waals surface area contributed by atoms with Gasteiger partial charge < -0.3 is 15.7 Å². The molecule has 0 fully saturated rings. The lowest BCUT2D eigenvalue weighted by Gasteiger charge is -2.22. The van der Waals surface area contributed by atoms with E-state index in [9.17, 15) is 18.0 Å². The highest BCUT2D eigenvalue weighted by molar-refractivity contribution is 5.74. The van der Waals surface area contributed by atoms with Gasteiger partial charge in [0, 0.05) is 5.54 Å². The molecule has 1 unspecified atom stereocenters. The number of hydrogen-bond donors (Lipinski definition) is 3. The predicted molar refractivity (Wildman–Crippen MR) is 48.3 cm³/mol. The molecule has 0 aliphatic heterocycles. The van der Waals surface area contributed by atoms with Gasteiger partial charge in [0.2, 0.25) is 0 Å². The maximum absolute atomic E-state index is 11.8. The molecule has 0 aromatic rings. The number of urea groups is 1. The first-order chi connectivity index (χ1) is 6.52. The van der Waals surface area contributed by atoms with Crippen molar-refractivity contribution in [3.05, 3.63) is 0 Å². The molecule has 0 radical (unpaired) electrons. The molecular weight excluding hydrogens is 213 g/mol. The molecule has 0 aromatic carbocycles. The second-order valence-electron chi connectivity index (χ2n) is 4.14. The molecule has 90 valence electrons. The Bertz CT molecular complexity index is 223. The van der Waals surface area contributed by atoms with E-state index in [4.69, 9.17) is 5.11 Å². The topological polar surface area (TPSA) is 61.4 Å². The van der Waals surface area contributed by atoms with Crippen LogP contribution in [0.2, 0.25) is 0 Å². The van der Waals surface area contributed by atoms with Crippen LogP contribution in [0.5, 0.6) is 0 Å². The summed E-state index contributed by atoms with van der Waals surface area (Å²) in [6.07, 6.45) is -7.25. The normalized spacial score (nSPS) is 14.6. The third-order valence-electron chi connectivity index (χ3n) is 1.32. The van der Waals surface area contributed by atoms with E-state index >= 15 is 0 Å². The lowest BCUT2D eigenvalue weighted by atomic mass is 10.1. The molecule has 0 bridgehead atoms. The first kappa shape index (κ1) is 14.0. The summed E-state index contributed by atoms with van der Waals surface area (Å²) in [7, 11) is 0. The van der Waals surface area contributed by atoms with Gasteiger partial charge in [-0.05, 0) is 20.8 Å². The number of aliphatic hydroxyl groups is 1. The summed E-state index contributed by atoms with van der Waals surface area (Å²) in [4.78, 5) is 11.0. The van der Waals surface area contributed by atoms with E-state index < -0.39 is 30.4 Å². The molecule has 7 heteroatoms. The molecule has 15 heavy (non-hydrogen) atoms. The van der Waals surface area contributed by atoms with Gasteiger partial charge in [0.25, 0.3) is 0 Å². The number of carbonyl (C=O) groups excluding carboxylic acids is 1. The Kier molecular flexibility index (Phi) is 4.39. The number of rotatable bonds is 2. The van der Waals surface area contributed by atoms with Crippen LogP contribution in [0.3, 0.4) is 0 Å². The van der Waals surface area contributed by atoms with Crippen LogP contribution in [0.15, 0.2) is 0 Å². The van der Waals surface area contributed by atoms with E-state index in [2.05, 4.69) is 5.32 Å². The second-order valence-corrected chi connectivity index (χ2v) is 4.14. The highest BCUT2D eigenvalue weighted by atomic mass is 19.4. The van der Waals surface area contributed by atoms with Gasteiger partial charge in [0.1, 0.15) is 0 Å².